The van der Waals surface area contributed by atoms with Crippen LogP contribution in [0.25, 0.3) is 31.8 Å². The predicted octanol–water partition coefficient (Wildman–Crippen LogP) is 5.12. The highest BCUT2D eigenvalue weighted by Gasteiger charge is 2.31. The second-order valence-corrected chi connectivity index (χ2v) is 10.7. The van der Waals surface area contributed by atoms with E-state index in [9.17, 15) is 4.79 Å². The normalized spacial score (nSPS) is 16.8. The number of aromatic nitrogens is 4. The van der Waals surface area contributed by atoms with Gasteiger partial charge >= 0.3 is 6.09 Å². The average Bonchev–Trinajstić information content (AvgIpc) is 3.40. The molecule has 0 spiro atoms. The first kappa shape index (κ1) is 27.5. The number of carbonyl (C=O) groups excluding carboxylic acids is 1. The first-order valence-electron chi connectivity index (χ1n) is 13.2. The summed E-state index contributed by atoms with van der Waals surface area (Å²) in [5.74, 6) is 0.339. The summed E-state index contributed by atoms with van der Waals surface area (Å²) in [5.41, 5.74) is 4.09. The molecular formula is C29H27FN6O5S. The van der Waals surface area contributed by atoms with Crippen molar-refractivity contribution in [3.63, 3.8) is 0 Å². The number of carbonyl (C=O) groups is 1. The molecule has 1 aliphatic rings. The van der Waals surface area contributed by atoms with Gasteiger partial charge in [0, 0.05) is 36.7 Å². The fourth-order valence-corrected chi connectivity index (χ4v) is 5.72. The van der Waals surface area contributed by atoms with Gasteiger partial charge in [0.1, 0.15) is 17.2 Å². The van der Waals surface area contributed by atoms with Gasteiger partial charge in [0.2, 0.25) is 11.8 Å². The quantitative estimate of drug-likeness (QED) is 0.263. The molecule has 6 rings (SSSR count). The van der Waals surface area contributed by atoms with Gasteiger partial charge in [0.25, 0.3) is 0 Å². The number of hydrogen-bond donors (Lipinski definition) is 2. The molecule has 2 N–H and O–H groups in total. The Morgan fingerprint density at radius 3 is 2.67 bits per heavy atom. The van der Waals surface area contributed by atoms with Gasteiger partial charge in [-0.05, 0) is 37.2 Å². The van der Waals surface area contributed by atoms with Crippen LogP contribution in [0.1, 0.15) is 12.0 Å². The highest BCUT2D eigenvalue weighted by atomic mass is 32.1. The molecule has 0 radical (unpaired) electrons. The van der Waals surface area contributed by atoms with E-state index < -0.39 is 24.1 Å². The lowest BCUT2D eigenvalue weighted by Crippen LogP contribution is -2.49. The van der Waals surface area contributed by atoms with Gasteiger partial charge in [-0.25, -0.2) is 29.1 Å². The largest absolute Gasteiger partial charge is 0.482 e. The van der Waals surface area contributed by atoms with Gasteiger partial charge in [-0.3, -0.25) is 5.32 Å². The lowest BCUT2D eigenvalue weighted by Gasteiger charge is -2.32. The van der Waals surface area contributed by atoms with Crippen molar-refractivity contribution in [2.45, 2.75) is 25.6 Å². The molecule has 3 aromatic heterocycles. The number of fused-ring (bicyclic) bond motifs is 2. The van der Waals surface area contributed by atoms with Gasteiger partial charge in [-0.1, -0.05) is 0 Å². The molecule has 0 bridgehead atoms. The van der Waals surface area contributed by atoms with Crippen LogP contribution in [0.15, 0.2) is 48.8 Å². The second-order valence-electron chi connectivity index (χ2n) is 9.67. The minimum atomic E-state index is -0.656. The molecule has 2 atom stereocenters. The summed E-state index contributed by atoms with van der Waals surface area (Å²) in [6.45, 7) is 2.97. The van der Waals surface area contributed by atoms with E-state index in [-0.39, 0.29) is 5.75 Å². The standard InChI is InChI=1S/C29H27FN6O5S/c1-15-8-17(27-20(9-15)35-26(39-3)14-33-27)28-36-19-10-18(30)22(11-24(19)42-28)40-23-13-31-7-6-21(23)41-29(37)34-16-4-5-25(38-2)32-12-16/h4-5,8-12,14,21,23,31H,6-7,13H2,1-3H3,(H,34,37). The van der Waals surface area contributed by atoms with Crippen LogP contribution in [0, 0.1) is 12.7 Å². The number of aryl methyl sites for hydroxylation is 1. The number of nitrogens with zero attached hydrogens (tertiary/aromatic N) is 4. The van der Waals surface area contributed by atoms with Crippen molar-refractivity contribution in [2.75, 3.05) is 32.6 Å². The van der Waals surface area contributed by atoms with E-state index in [4.69, 9.17) is 23.9 Å². The van der Waals surface area contributed by atoms with Gasteiger partial charge in [0.05, 0.1) is 53.6 Å². The van der Waals surface area contributed by atoms with E-state index in [1.807, 2.05) is 19.1 Å². The van der Waals surface area contributed by atoms with Gasteiger partial charge in [-0.15, -0.1) is 11.3 Å². The molecule has 11 nitrogen and oxygen atoms in total. The summed E-state index contributed by atoms with van der Waals surface area (Å²) in [4.78, 5) is 30.4. The number of thiazole rings is 1. The van der Waals surface area contributed by atoms with E-state index in [1.165, 1.54) is 30.7 Å². The molecule has 2 aromatic carbocycles. The third-order valence-electron chi connectivity index (χ3n) is 6.74. The highest BCUT2D eigenvalue weighted by molar-refractivity contribution is 7.21. The Hall–Kier alpha value is -4.62. The van der Waals surface area contributed by atoms with Crippen molar-refractivity contribution in [1.29, 1.82) is 0 Å². The summed E-state index contributed by atoms with van der Waals surface area (Å²) < 4.78 is 38.0. The second kappa shape index (κ2) is 11.7. The van der Waals surface area contributed by atoms with Crippen molar-refractivity contribution in [3.8, 4) is 28.1 Å². The minimum Gasteiger partial charge on any atom is -0.482 e. The Morgan fingerprint density at radius 1 is 1.02 bits per heavy atom. The average molecular weight is 591 g/mol. The predicted molar refractivity (Wildman–Crippen MR) is 156 cm³/mol. The topological polar surface area (TPSA) is 130 Å². The first-order valence-corrected chi connectivity index (χ1v) is 14.0. The van der Waals surface area contributed by atoms with Gasteiger partial charge in [-0.2, -0.15) is 0 Å². The zero-order valence-corrected chi connectivity index (χ0v) is 23.8. The van der Waals surface area contributed by atoms with Crippen LogP contribution in [0.4, 0.5) is 14.9 Å². The number of ether oxygens (including phenoxy) is 4. The van der Waals surface area contributed by atoms with E-state index in [1.54, 1.807) is 31.5 Å². The summed E-state index contributed by atoms with van der Waals surface area (Å²) in [5, 5.41) is 6.55. The fourth-order valence-electron chi connectivity index (χ4n) is 4.73. The van der Waals surface area contributed by atoms with Crippen LogP contribution in [-0.2, 0) is 4.74 Å². The highest BCUT2D eigenvalue weighted by Crippen LogP contribution is 2.37. The molecule has 42 heavy (non-hydrogen) atoms. The van der Waals surface area contributed by atoms with Crippen molar-refractivity contribution in [2.24, 2.45) is 0 Å². The van der Waals surface area contributed by atoms with Crippen LogP contribution >= 0.6 is 11.3 Å². The zero-order valence-electron chi connectivity index (χ0n) is 23.0. The third-order valence-corrected chi connectivity index (χ3v) is 7.80. The van der Waals surface area contributed by atoms with Crippen LogP contribution in [0.3, 0.4) is 0 Å². The van der Waals surface area contributed by atoms with Crippen LogP contribution in [-0.4, -0.2) is 65.5 Å². The van der Waals surface area contributed by atoms with Crippen molar-refractivity contribution >= 4 is 44.4 Å². The smallest absolute Gasteiger partial charge is 0.412 e. The van der Waals surface area contributed by atoms with Crippen molar-refractivity contribution in [1.82, 2.24) is 25.3 Å². The monoisotopic (exact) mass is 590 g/mol. The maximum Gasteiger partial charge on any atom is 0.412 e. The Morgan fingerprint density at radius 2 is 1.88 bits per heavy atom. The maximum absolute atomic E-state index is 15.3. The summed E-state index contributed by atoms with van der Waals surface area (Å²) in [6, 6.07) is 10.2. The van der Waals surface area contributed by atoms with Crippen molar-refractivity contribution in [3.05, 3.63) is 60.2 Å². The van der Waals surface area contributed by atoms with E-state index >= 15 is 4.39 Å². The number of piperidine rings is 1. The maximum atomic E-state index is 15.3. The Bertz CT molecular complexity index is 1770. The molecule has 2 unspecified atom stereocenters. The number of pyridine rings is 1. The number of methoxy groups -OCH3 is 2. The first-order chi connectivity index (χ1) is 20.4. The molecule has 216 valence electrons. The van der Waals surface area contributed by atoms with E-state index in [0.29, 0.717) is 58.5 Å². The molecule has 0 saturated carbocycles. The number of anilines is 1. The molecule has 5 aromatic rings. The Balaban J connectivity index is 1.22. The van der Waals surface area contributed by atoms with E-state index in [2.05, 4.69) is 25.6 Å². The molecule has 1 fully saturated rings. The SMILES string of the molecule is COc1ccc(NC(=O)OC2CCNCC2Oc2cc3sc(-c4cc(C)cc5nc(OC)cnc45)nc3cc2F)cn1. The number of nitrogens with one attached hydrogen (secondary N) is 2. The van der Waals surface area contributed by atoms with Gasteiger partial charge < -0.3 is 24.3 Å². The molecule has 4 heterocycles. The summed E-state index contributed by atoms with van der Waals surface area (Å²) >= 11 is 1.40. The Labute approximate surface area is 244 Å². The number of halogens is 1. The molecule has 1 saturated heterocycles. The lowest BCUT2D eigenvalue weighted by atomic mass is 10.1. The molecule has 13 heteroatoms. The molecule has 1 amide bonds. The van der Waals surface area contributed by atoms with Gasteiger partial charge in [0.15, 0.2) is 11.6 Å². The summed E-state index contributed by atoms with van der Waals surface area (Å²) in [6.07, 6.45) is 1.66. The zero-order chi connectivity index (χ0) is 29.2. The fraction of sp³-hybridized carbons (Fsp3) is 0.276. The van der Waals surface area contributed by atoms with Crippen LogP contribution in [0.5, 0.6) is 17.5 Å². The van der Waals surface area contributed by atoms with Crippen molar-refractivity contribution < 1.29 is 28.1 Å². The lowest BCUT2D eigenvalue weighted by molar-refractivity contribution is 0.00330. The number of amides is 1. The number of hydrogen-bond acceptors (Lipinski definition) is 11. The molecule has 0 aliphatic carbocycles. The Kier molecular flexibility index (Phi) is 7.68. The summed E-state index contributed by atoms with van der Waals surface area (Å²) in [7, 11) is 3.05. The third kappa shape index (κ3) is 5.74. The van der Waals surface area contributed by atoms with Crippen LogP contribution < -0.4 is 24.8 Å². The van der Waals surface area contributed by atoms with E-state index in [0.717, 1.165) is 15.8 Å². The minimum absolute atomic E-state index is 0.0541. The molecule has 1 aliphatic heterocycles. The number of benzene rings is 2. The van der Waals surface area contributed by atoms with Crippen LogP contribution in [0.2, 0.25) is 0 Å². The molecular weight excluding hydrogens is 563 g/mol. The number of rotatable bonds is 7.